The van der Waals surface area contributed by atoms with Crippen molar-refractivity contribution in [2.75, 3.05) is 40.0 Å². The number of carbonyl (C=O) groups excluding carboxylic acids is 2. The predicted molar refractivity (Wildman–Crippen MR) is 166 cm³/mol. The van der Waals surface area contributed by atoms with Crippen LogP contribution in [0.15, 0.2) is 60.7 Å². The van der Waals surface area contributed by atoms with E-state index in [0.717, 1.165) is 41.6 Å². The Kier molecular flexibility index (Phi) is 10.2. The van der Waals surface area contributed by atoms with E-state index in [-0.39, 0.29) is 31.6 Å². The first kappa shape index (κ1) is 31.5. The molecule has 0 radical (unpaired) electrons. The number of carbonyl (C=O) groups is 2. The van der Waals surface area contributed by atoms with Gasteiger partial charge in [0.2, 0.25) is 0 Å². The van der Waals surface area contributed by atoms with Crippen molar-refractivity contribution >= 4 is 22.9 Å². The number of fused-ring (bicyclic) bond motifs is 1. The Labute approximate surface area is 259 Å². The molecule has 2 heterocycles. The topological polar surface area (TPSA) is 99.7 Å². The molecule has 2 aromatic carbocycles. The lowest BCUT2D eigenvalue weighted by Gasteiger charge is -2.39. The van der Waals surface area contributed by atoms with E-state index < -0.39 is 23.9 Å². The van der Waals surface area contributed by atoms with E-state index in [1.807, 2.05) is 86.3 Å². The number of benzene rings is 2. The van der Waals surface area contributed by atoms with Crippen molar-refractivity contribution in [2.45, 2.75) is 70.4 Å². The second kappa shape index (κ2) is 14.3. The average molecular weight is 606 g/mol. The summed E-state index contributed by atoms with van der Waals surface area (Å²) in [6.07, 6.45) is 0.708. The van der Waals surface area contributed by atoms with Crippen LogP contribution < -0.4 is 9.47 Å². The standard InChI is InChI=1S/C34H43N3O7/c1-34(2,3)44-33(39)36-21-27(23-42-26-11-6-5-7-12-26)43-31(22-36)32(38)37(25-15-16-25)20-24-19-30(41-18-10-17-40-4)28-13-8-9-14-29(28)35-24/h5-9,11-14,19,25,27,31H,10,15-18,20-23H2,1-4H3/t27-,31+/m0/s1. The van der Waals surface area contributed by atoms with Crippen LogP contribution in [-0.4, -0.2) is 90.7 Å². The van der Waals surface area contributed by atoms with Gasteiger partial charge in [0, 0.05) is 37.6 Å². The molecule has 1 saturated carbocycles. The van der Waals surface area contributed by atoms with Crippen LogP contribution in [0.2, 0.25) is 0 Å². The number of ether oxygens (including phenoxy) is 5. The summed E-state index contributed by atoms with van der Waals surface area (Å²) in [5.74, 6) is 1.24. The predicted octanol–water partition coefficient (Wildman–Crippen LogP) is 5.22. The highest BCUT2D eigenvalue weighted by molar-refractivity contribution is 5.86. The minimum Gasteiger partial charge on any atom is -0.493 e. The van der Waals surface area contributed by atoms with E-state index in [0.29, 0.717) is 25.5 Å². The molecule has 10 nitrogen and oxygen atoms in total. The Morgan fingerprint density at radius 3 is 2.48 bits per heavy atom. The Balaban J connectivity index is 1.35. The van der Waals surface area contributed by atoms with Crippen LogP contribution in [0.3, 0.4) is 0 Å². The van der Waals surface area contributed by atoms with E-state index in [4.69, 9.17) is 28.7 Å². The SMILES string of the molecule is COCCCOc1cc(CN(C(=O)[C@H]2CN(C(=O)OC(C)(C)C)C[C@@H](COc3ccccc3)O2)C2CC2)nc2ccccc12. The van der Waals surface area contributed by atoms with Gasteiger partial charge in [-0.05, 0) is 57.9 Å². The summed E-state index contributed by atoms with van der Waals surface area (Å²) < 4.78 is 29.2. The molecule has 44 heavy (non-hydrogen) atoms. The molecule has 0 spiro atoms. The molecule has 2 aliphatic rings. The molecule has 1 aliphatic carbocycles. The third-order valence-electron chi connectivity index (χ3n) is 7.36. The summed E-state index contributed by atoms with van der Waals surface area (Å²) >= 11 is 0. The summed E-state index contributed by atoms with van der Waals surface area (Å²) in [4.78, 5) is 35.6. The monoisotopic (exact) mass is 605 g/mol. The van der Waals surface area contributed by atoms with E-state index in [1.54, 1.807) is 12.0 Å². The van der Waals surface area contributed by atoms with Crippen LogP contribution in [0.5, 0.6) is 11.5 Å². The molecule has 1 aromatic heterocycles. The molecule has 2 fully saturated rings. The highest BCUT2D eigenvalue weighted by atomic mass is 16.6. The number of nitrogens with zero attached hydrogens (tertiary/aromatic N) is 3. The van der Waals surface area contributed by atoms with Gasteiger partial charge in [0.25, 0.3) is 5.91 Å². The second-order valence-corrected chi connectivity index (χ2v) is 12.3. The van der Waals surface area contributed by atoms with Gasteiger partial charge in [0.05, 0.1) is 37.5 Å². The molecule has 0 unspecified atom stereocenters. The quantitative estimate of drug-likeness (QED) is 0.259. The first-order valence-corrected chi connectivity index (χ1v) is 15.3. The Bertz CT molecular complexity index is 1410. The lowest BCUT2D eigenvalue weighted by atomic mass is 10.1. The van der Waals surface area contributed by atoms with Gasteiger partial charge in [0.1, 0.15) is 29.8 Å². The maximum atomic E-state index is 14.2. The van der Waals surface area contributed by atoms with Crippen LogP contribution >= 0.6 is 0 Å². The van der Waals surface area contributed by atoms with Crippen molar-refractivity contribution in [3.63, 3.8) is 0 Å². The highest BCUT2D eigenvalue weighted by Gasteiger charge is 2.42. The van der Waals surface area contributed by atoms with Gasteiger partial charge in [0.15, 0.2) is 6.10 Å². The number of aromatic nitrogens is 1. The minimum absolute atomic E-state index is 0.0846. The zero-order valence-corrected chi connectivity index (χ0v) is 26.1. The lowest BCUT2D eigenvalue weighted by Crippen LogP contribution is -2.57. The first-order valence-electron chi connectivity index (χ1n) is 15.3. The van der Waals surface area contributed by atoms with Gasteiger partial charge in [-0.25, -0.2) is 4.79 Å². The molecule has 2 amide bonds. The largest absolute Gasteiger partial charge is 0.493 e. The van der Waals surface area contributed by atoms with E-state index in [1.165, 1.54) is 0 Å². The van der Waals surface area contributed by atoms with Crippen molar-refractivity contribution in [1.29, 1.82) is 0 Å². The molecule has 1 saturated heterocycles. The summed E-state index contributed by atoms with van der Waals surface area (Å²) in [6.45, 7) is 7.44. The molecule has 0 bridgehead atoms. The number of para-hydroxylation sites is 2. The molecule has 3 aromatic rings. The van der Waals surface area contributed by atoms with Crippen molar-refractivity contribution in [3.05, 3.63) is 66.4 Å². The van der Waals surface area contributed by atoms with Crippen molar-refractivity contribution in [3.8, 4) is 11.5 Å². The molecule has 5 rings (SSSR count). The molecule has 10 heteroatoms. The first-order chi connectivity index (χ1) is 21.2. The molecule has 0 N–H and O–H groups in total. The molecule has 2 atom stereocenters. The summed E-state index contributed by atoms with van der Waals surface area (Å²) in [5.41, 5.74) is 0.864. The second-order valence-electron chi connectivity index (χ2n) is 12.3. The zero-order valence-electron chi connectivity index (χ0n) is 26.1. The maximum absolute atomic E-state index is 14.2. The fourth-order valence-corrected chi connectivity index (χ4v) is 5.16. The normalized spacial score (nSPS) is 18.6. The number of amides is 2. The number of hydrogen-bond donors (Lipinski definition) is 0. The van der Waals surface area contributed by atoms with Gasteiger partial charge in [-0.3, -0.25) is 9.78 Å². The smallest absolute Gasteiger partial charge is 0.410 e. The third-order valence-corrected chi connectivity index (χ3v) is 7.36. The zero-order chi connectivity index (χ0) is 31.1. The third kappa shape index (κ3) is 8.60. The van der Waals surface area contributed by atoms with Gasteiger partial charge >= 0.3 is 6.09 Å². The summed E-state index contributed by atoms with van der Waals surface area (Å²) in [5, 5.41) is 0.919. The fraction of sp³-hybridized carbons (Fsp3) is 0.500. The maximum Gasteiger partial charge on any atom is 0.410 e. The van der Waals surface area contributed by atoms with Crippen LogP contribution in [0, 0.1) is 0 Å². The highest BCUT2D eigenvalue weighted by Crippen LogP contribution is 2.32. The van der Waals surface area contributed by atoms with Crippen LogP contribution in [0.1, 0.15) is 45.7 Å². The van der Waals surface area contributed by atoms with Crippen LogP contribution in [0.25, 0.3) is 10.9 Å². The summed E-state index contributed by atoms with van der Waals surface area (Å²) in [6, 6.07) is 19.2. The Morgan fingerprint density at radius 2 is 1.75 bits per heavy atom. The van der Waals surface area contributed by atoms with Crippen molar-refractivity contribution in [2.24, 2.45) is 0 Å². The minimum atomic E-state index is -0.869. The number of rotatable bonds is 12. The van der Waals surface area contributed by atoms with Gasteiger partial charge < -0.3 is 33.5 Å². The Hall–Kier alpha value is -3.89. The number of hydrogen-bond acceptors (Lipinski definition) is 8. The van der Waals surface area contributed by atoms with Crippen LogP contribution in [-0.2, 0) is 25.5 Å². The molecule has 1 aliphatic heterocycles. The molecule has 236 valence electrons. The molecular formula is C34H43N3O7. The number of morpholine rings is 1. The average Bonchev–Trinajstić information content (AvgIpc) is 3.86. The van der Waals surface area contributed by atoms with E-state index in [2.05, 4.69) is 0 Å². The van der Waals surface area contributed by atoms with Crippen molar-refractivity contribution in [1.82, 2.24) is 14.8 Å². The van der Waals surface area contributed by atoms with Gasteiger partial charge in [-0.2, -0.15) is 0 Å². The Morgan fingerprint density at radius 1 is 1.00 bits per heavy atom. The van der Waals surface area contributed by atoms with Gasteiger partial charge in [-0.1, -0.05) is 30.3 Å². The summed E-state index contributed by atoms with van der Waals surface area (Å²) in [7, 11) is 1.67. The lowest BCUT2D eigenvalue weighted by molar-refractivity contribution is -0.160. The van der Waals surface area contributed by atoms with E-state index in [9.17, 15) is 9.59 Å². The molecular weight excluding hydrogens is 562 g/mol. The van der Waals surface area contributed by atoms with Crippen LogP contribution in [0.4, 0.5) is 4.79 Å². The van der Waals surface area contributed by atoms with Gasteiger partial charge in [-0.15, -0.1) is 0 Å². The van der Waals surface area contributed by atoms with Crippen molar-refractivity contribution < 1.29 is 33.3 Å². The number of pyridine rings is 1. The fourth-order valence-electron chi connectivity index (χ4n) is 5.16. The van der Waals surface area contributed by atoms with E-state index >= 15 is 0 Å². The number of methoxy groups -OCH3 is 1.